The number of carbonyl (C=O) groups excluding carboxylic acids is 3. The van der Waals surface area contributed by atoms with Gasteiger partial charge in [0.2, 0.25) is 17.7 Å². The Morgan fingerprint density at radius 3 is 1.85 bits per heavy atom. The Kier molecular flexibility index (Phi) is 4.88. The molecule has 2 aliphatic heterocycles. The maximum absolute atomic E-state index is 13.8. The van der Waals surface area contributed by atoms with Gasteiger partial charge in [0.25, 0.3) is 0 Å². The standard InChI is InChI=1S/C25H22Br2N2O4/c26-24-15-7-1-2-8-16(15)25(27,18-10-4-3-9-17(18)24)21-20(24)22(31)29(23(21)32)13-19(30)28-12-14-6-5-11-33-14/h1-4,7-10,14,20-21H,5-6,11-13H2,(H,28,30)/t14-,20-,21-,24?,25?/m0/s1. The SMILES string of the molecule is O=C(CN1C(=O)[C@@H]2[C@@H](C1=O)C1(Br)c3ccccc3C2(Br)c2ccccc21)NC[C@@H]1CCCO1. The van der Waals surface area contributed by atoms with Crippen molar-refractivity contribution in [3.63, 3.8) is 0 Å². The summed E-state index contributed by atoms with van der Waals surface area (Å²) in [4.78, 5) is 41.3. The monoisotopic (exact) mass is 572 g/mol. The molecule has 0 aromatic heterocycles. The van der Waals surface area contributed by atoms with Crippen LogP contribution < -0.4 is 5.32 Å². The second-order valence-electron chi connectivity index (χ2n) is 9.17. The first kappa shape index (κ1) is 21.5. The van der Waals surface area contributed by atoms with Crippen LogP contribution in [0.25, 0.3) is 0 Å². The molecule has 0 radical (unpaired) electrons. The van der Waals surface area contributed by atoms with Gasteiger partial charge in [-0.2, -0.15) is 0 Å². The van der Waals surface area contributed by atoms with Crippen molar-refractivity contribution in [1.82, 2.24) is 10.2 Å². The van der Waals surface area contributed by atoms with E-state index in [-0.39, 0.29) is 30.4 Å². The van der Waals surface area contributed by atoms with E-state index >= 15 is 0 Å². The first-order valence-corrected chi connectivity index (χ1v) is 12.8. The molecule has 1 N–H and O–H groups in total. The molecule has 5 aliphatic rings. The molecular weight excluding hydrogens is 552 g/mol. The van der Waals surface area contributed by atoms with Gasteiger partial charge in [0.05, 0.1) is 26.6 Å². The number of alkyl halides is 2. The predicted molar refractivity (Wildman–Crippen MR) is 128 cm³/mol. The maximum Gasteiger partial charge on any atom is 0.240 e. The fourth-order valence-electron chi connectivity index (χ4n) is 6.11. The minimum Gasteiger partial charge on any atom is -0.376 e. The Bertz CT molecular complexity index is 1070. The van der Waals surface area contributed by atoms with Crippen molar-refractivity contribution in [2.45, 2.75) is 27.6 Å². The Balaban J connectivity index is 1.38. The quantitative estimate of drug-likeness (QED) is 0.450. The zero-order valence-electron chi connectivity index (χ0n) is 17.7. The molecule has 170 valence electrons. The minimum absolute atomic E-state index is 0.00187. The summed E-state index contributed by atoms with van der Waals surface area (Å²) in [6.07, 6.45) is 1.88. The summed E-state index contributed by atoms with van der Waals surface area (Å²) in [5.41, 5.74) is 3.92. The van der Waals surface area contributed by atoms with Gasteiger partial charge in [-0.15, -0.1) is 0 Å². The van der Waals surface area contributed by atoms with Crippen LogP contribution in [0.4, 0.5) is 0 Å². The highest BCUT2D eigenvalue weighted by atomic mass is 79.9. The number of halogens is 2. The number of likely N-dealkylation sites (tertiary alicyclic amines) is 1. The van der Waals surface area contributed by atoms with Crippen LogP contribution in [0, 0.1) is 11.8 Å². The molecule has 2 saturated heterocycles. The molecule has 3 atom stereocenters. The van der Waals surface area contributed by atoms with E-state index in [0.717, 1.165) is 40.0 Å². The average Bonchev–Trinajstić information content (AvgIpc) is 3.44. The van der Waals surface area contributed by atoms with E-state index < -0.39 is 20.5 Å². The Morgan fingerprint density at radius 1 is 0.939 bits per heavy atom. The fourth-order valence-corrected chi connectivity index (χ4v) is 8.42. The number of carbonyl (C=O) groups is 3. The molecule has 2 fully saturated rings. The summed E-state index contributed by atoms with van der Waals surface area (Å²) < 4.78 is 3.88. The highest BCUT2D eigenvalue weighted by molar-refractivity contribution is 9.10. The minimum atomic E-state index is -0.837. The van der Waals surface area contributed by atoms with Crippen molar-refractivity contribution in [3.05, 3.63) is 70.8 Å². The zero-order chi connectivity index (χ0) is 23.0. The molecule has 2 bridgehead atoms. The molecule has 2 aromatic carbocycles. The third-order valence-electron chi connectivity index (χ3n) is 7.53. The Hall–Kier alpha value is -2.03. The number of amides is 3. The molecule has 0 unspecified atom stereocenters. The van der Waals surface area contributed by atoms with Gasteiger partial charge in [-0.25, -0.2) is 0 Å². The Morgan fingerprint density at radius 2 is 1.42 bits per heavy atom. The lowest BCUT2D eigenvalue weighted by atomic mass is 9.54. The van der Waals surface area contributed by atoms with Crippen molar-refractivity contribution in [2.24, 2.45) is 11.8 Å². The molecule has 3 aliphatic carbocycles. The first-order valence-electron chi connectivity index (χ1n) is 11.2. The first-order chi connectivity index (χ1) is 15.9. The third-order valence-corrected chi connectivity index (χ3v) is 10.2. The topological polar surface area (TPSA) is 75.7 Å². The number of imide groups is 1. The van der Waals surface area contributed by atoms with Gasteiger partial charge in [-0.1, -0.05) is 80.4 Å². The van der Waals surface area contributed by atoms with E-state index in [4.69, 9.17) is 4.74 Å². The van der Waals surface area contributed by atoms with E-state index in [9.17, 15) is 14.4 Å². The molecule has 2 heterocycles. The molecule has 0 saturated carbocycles. The molecule has 8 heteroatoms. The van der Waals surface area contributed by atoms with E-state index in [2.05, 4.69) is 37.2 Å². The van der Waals surface area contributed by atoms with Crippen LogP contribution in [0.1, 0.15) is 35.1 Å². The number of hydrogen-bond donors (Lipinski definition) is 1. The van der Waals surface area contributed by atoms with Crippen LogP contribution in [-0.2, 0) is 27.8 Å². The van der Waals surface area contributed by atoms with Crippen LogP contribution in [0.2, 0.25) is 0 Å². The molecule has 6 nitrogen and oxygen atoms in total. The van der Waals surface area contributed by atoms with Crippen LogP contribution in [0.3, 0.4) is 0 Å². The van der Waals surface area contributed by atoms with Crippen molar-refractivity contribution >= 4 is 49.6 Å². The molecule has 0 spiro atoms. The highest BCUT2D eigenvalue weighted by Gasteiger charge is 2.72. The lowest BCUT2D eigenvalue weighted by molar-refractivity contribution is -0.143. The summed E-state index contributed by atoms with van der Waals surface area (Å²) in [5.74, 6) is -2.29. The second kappa shape index (κ2) is 7.48. The lowest BCUT2D eigenvalue weighted by Gasteiger charge is -2.55. The largest absolute Gasteiger partial charge is 0.376 e. The lowest BCUT2D eigenvalue weighted by Crippen LogP contribution is -2.56. The number of hydrogen-bond acceptors (Lipinski definition) is 4. The van der Waals surface area contributed by atoms with Crippen LogP contribution in [0.15, 0.2) is 48.5 Å². The van der Waals surface area contributed by atoms with Gasteiger partial charge >= 0.3 is 0 Å². The van der Waals surface area contributed by atoms with Crippen molar-refractivity contribution in [2.75, 3.05) is 19.7 Å². The number of ether oxygens (including phenoxy) is 1. The van der Waals surface area contributed by atoms with Crippen LogP contribution in [-0.4, -0.2) is 48.4 Å². The fraction of sp³-hybridized carbons (Fsp3) is 0.400. The van der Waals surface area contributed by atoms with Gasteiger partial charge < -0.3 is 10.1 Å². The number of benzene rings is 2. The summed E-state index contributed by atoms with van der Waals surface area (Å²) in [6.45, 7) is 0.814. The van der Waals surface area contributed by atoms with Gasteiger partial charge in [-0.05, 0) is 35.1 Å². The predicted octanol–water partition coefficient (Wildman–Crippen LogP) is 3.19. The Labute approximate surface area is 208 Å². The normalized spacial score (nSPS) is 33.6. The molecule has 7 rings (SSSR count). The van der Waals surface area contributed by atoms with Gasteiger partial charge in [-0.3, -0.25) is 19.3 Å². The van der Waals surface area contributed by atoms with Gasteiger partial charge in [0.15, 0.2) is 0 Å². The van der Waals surface area contributed by atoms with E-state index in [0.29, 0.717) is 13.2 Å². The summed E-state index contributed by atoms with van der Waals surface area (Å²) in [7, 11) is 0. The summed E-state index contributed by atoms with van der Waals surface area (Å²) >= 11 is 7.92. The summed E-state index contributed by atoms with van der Waals surface area (Å²) in [6, 6.07) is 15.9. The highest BCUT2D eigenvalue weighted by Crippen LogP contribution is 2.70. The van der Waals surface area contributed by atoms with Crippen molar-refractivity contribution < 1.29 is 19.1 Å². The van der Waals surface area contributed by atoms with Crippen molar-refractivity contribution in [3.8, 4) is 0 Å². The van der Waals surface area contributed by atoms with E-state index in [1.165, 1.54) is 0 Å². The smallest absolute Gasteiger partial charge is 0.240 e. The van der Waals surface area contributed by atoms with Crippen molar-refractivity contribution in [1.29, 1.82) is 0 Å². The van der Waals surface area contributed by atoms with Gasteiger partial charge in [0, 0.05) is 13.2 Å². The number of nitrogens with zero attached hydrogens (tertiary/aromatic N) is 1. The van der Waals surface area contributed by atoms with Gasteiger partial charge in [0.1, 0.15) is 6.54 Å². The molecule has 3 amide bonds. The number of nitrogens with one attached hydrogen (secondary N) is 1. The van der Waals surface area contributed by atoms with E-state index in [1.54, 1.807) is 0 Å². The third kappa shape index (κ3) is 2.77. The molecule has 2 aromatic rings. The summed E-state index contributed by atoms with van der Waals surface area (Å²) in [5, 5.41) is 2.83. The second-order valence-corrected chi connectivity index (χ2v) is 11.7. The maximum atomic E-state index is 13.8. The van der Waals surface area contributed by atoms with Crippen LogP contribution in [0.5, 0.6) is 0 Å². The van der Waals surface area contributed by atoms with Crippen LogP contribution >= 0.6 is 31.9 Å². The molecule has 33 heavy (non-hydrogen) atoms. The number of rotatable bonds is 4. The molecular formula is C25H22Br2N2O4. The average molecular weight is 574 g/mol. The van der Waals surface area contributed by atoms with E-state index in [1.807, 2.05) is 48.5 Å². The zero-order valence-corrected chi connectivity index (χ0v) is 20.9.